The van der Waals surface area contributed by atoms with Crippen LogP contribution in [-0.2, 0) is 16.0 Å². The van der Waals surface area contributed by atoms with Gasteiger partial charge in [0, 0.05) is 36.8 Å². The summed E-state index contributed by atoms with van der Waals surface area (Å²) in [6, 6.07) is 23.4. The Labute approximate surface area is 223 Å². The number of phenolic OH excluding ortho intramolecular Hbond substituents is 1. The Morgan fingerprint density at radius 1 is 1.06 bits per heavy atom. The van der Waals surface area contributed by atoms with Crippen molar-refractivity contribution in [1.29, 1.82) is 0 Å². The molecule has 0 aromatic heterocycles. The molecular weight excluding hydrogens is 495 g/mol. The fourth-order valence-electron chi connectivity index (χ4n) is 4.39. The van der Waals surface area contributed by atoms with Crippen molar-refractivity contribution in [3.63, 3.8) is 0 Å². The molecule has 0 amide bonds. The molecule has 1 heterocycles. The molecule has 3 atom stereocenters. The number of phenols is 1. The van der Waals surface area contributed by atoms with Gasteiger partial charge in [-0.25, -0.2) is 0 Å². The molecule has 36 heavy (non-hydrogen) atoms. The maximum Gasteiger partial charge on any atom is 0.157 e. The molecule has 3 unspecified atom stereocenters. The molecule has 0 bridgehead atoms. The minimum absolute atomic E-state index is 0.0820. The summed E-state index contributed by atoms with van der Waals surface area (Å²) in [5.74, 6) is 0.134. The number of hydrogen-bond acceptors (Lipinski definition) is 5. The van der Waals surface area contributed by atoms with Gasteiger partial charge in [-0.15, -0.1) is 0 Å². The number of ether oxygens (including phenoxy) is 2. The van der Waals surface area contributed by atoms with Crippen molar-refractivity contribution in [2.45, 2.75) is 51.1 Å². The van der Waals surface area contributed by atoms with Gasteiger partial charge in [0.15, 0.2) is 6.29 Å². The van der Waals surface area contributed by atoms with Gasteiger partial charge in [0.05, 0.1) is 23.4 Å². The van der Waals surface area contributed by atoms with Crippen LogP contribution < -0.4 is 5.32 Å². The zero-order valence-electron chi connectivity index (χ0n) is 20.6. The standard InChI is InChI=1S/C29H34Cl2N2O3/c1-21(20-36-29-9-5-6-16-35-29)33(18-22-7-3-2-4-8-22)19-28(23-10-12-24(30)13-11-23)32-27-15-14-25(34)17-26(27)31/h2-4,7-8,10-15,17,21,28-29,32,34H,5-6,9,16,18-20H2,1H3. The summed E-state index contributed by atoms with van der Waals surface area (Å²) in [7, 11) is 0. The molecule has 2 N–H and O–H groups in total. The highest BCUT2D eigenvalue weighted by Crippen LogP contribution is 2.31. The van der Waals surface area contributed by atoms with E-state index >= 15 is 0 Å². The van der Waals surface area contributed by atoms with Gasteiger partial charge in [0.2, 0.25) is 0 Å². The first-order valence-electron chi connectivity index (χ1n) is 12.5. The maximum absolute atomic E-state index is 9.81. The predicted molar refractivity (Wildman–Crippen MR) is 147 cm³/mol. The van der Waals surface area contributed by atoms with E-state index in [0.29, 0.717) is 23.2 Å². The monoisotopic (exact) mass is 528 g/mol. The highest BCUT2D eigenvalue weighted by molar-refractivity contribution is 6.33. The van der Waals surface area contributed by atoms with E-state index in [1.807, 2.05) is 30.3 Å². The summed E-state index contributed by atoms with van der Waals surface area (Å²) in [4.78, 5) is 2.42. The summed E-state index contributed by atoms with van der Waals surface area (Å²) in [6.45, 7) is 5.00. The lowest BCUT2D eigenvalue weighted by Gasteiger charge is -2.34. The third-order valence-electron chi connectivity index (χ3n) is 6.48. The number of halogens is 2. The lowest BCUT2D eigenvalue weighted by Crippen LogP contribution is -2.41. The lowest BCUT2D eigenvalue weighted by atomic mass is 10.0. The molecule has 3 aromatic carbocycles. The second-order valence-electron chi connectivity index (χ2n) is 9.31. The van der Waals surface area contributed by atoms with Gasteiger partial charge in [-0.05, 0) is 61.6 Å². The molecule has 3 aromatic rings. The van der Waals surface area contributed by atoms with Gasteiger partial charge in [-0.3, -0.25) is 4.90 Å². The van der Waals surface area contributed by atoms with E-state index in [4.69, 9.17) is 32.7 Å². The molecule has 4 rings (SSSR count). The fourth-order valence-corrected chi connectivity index (χ4v) is 4.74. The minimum Gasteiger partial charge on any atom is -0.508 e. The number of rotatable bonds is 11. The molecule has 0 aliphatic carbocycles. The quantitative estimate of drug-likeness (QED) is 0.256. The fraction of sp³-hybridized carbons (Fsp3) is 0.379. The zero-order chi connectivity index (χ0) is 25.3. The van der Waals surface area contributed by atoms with Crippen molar-refractivity contribution in [1.82, 2.24) is 4.90 Å². The summed E-state index contributed by atoms with van der Waals surface area (Å²) >= 11 is 12.6. The third kappa shape index (κ3) is 7.86. The van der Waals surface area contributed by atoms with Crippen molar-refractivity contribution in [3.8, 4) is 5.75 Å². The second kappa shape index (κ2) is 13.3. The van der Waals surface area contributed by atoms with E-state index in [0.717, 1.165) is 43.7 Å². The Hall–Kier alpha value is -2.28. The molecule has 7 heteroatoms. The Morgan fingerprint density at radius 3 is 2.53 bits per heavy atom. The average Bonchev–Trinajstić information content (AvgIpc) is 2.89. The smallest absolute Gasteiger partial charge is 0.157 e. The first-order chi connectivity index (χ1) is 17.5. The van der Waals surface area contributed by atoms with Crippen molar-refractivity contribution >= 4 is 28.9 Å². The molecule has 1 aliphatic rings. The number of benzene rings is 3. The third-order valence-corrected chi connectivity index (χ3v) is 7.05. The second-order valence-corrected chi connectivity index (χ2v) is 10.1. The van der Waals surface area contributed by atoms with Crippen LogP contribution >= 0.6 is 23.2 Å². The van der Waals surface area contributed by atoms with Crippen LogP contribution in [-0.4, -0.2) is 42.1 Å². The van der Waals surface area contributed by atoms with Crippen molar-refractivity contribution < 1.29 is 14.6 Å². The predicted octanol–water partition coefficient (Wildman–Crippen LogP) is 7.29. The number of nitrogens with zero attached hydrogens (tertiary/aromatic N) is 1. The van der Waals surface area contributed by atoms with Gasteiger partial charge >= 0.3 is 0 Å². The van der Waals surface area contributed by atoms with Gasteiger partial charge in [-0.1, -0.05) is 65.7 Å². The highest BCUT2D eigenvalue weighted by atomic mass is 35.5. The molecule has 1 aliphatic heterocycles. The highest BCUT2D eigenvalue weighted by Gasteiger charge is 2.24. The van der Waals surface area contributed by atoms with E-state index in [9.17, 15) is 5.11 Å². The van der Waals surface area contributed by atoms with Crippen LogP contribution in [0.15, 0.2) is 72.8 Å². The van der Waals surface area contributed by atoms with Crippen LogP contribution in [0, 0.1) is 0 Å². The molecule has 1 fully saturated rings. The number of anilines is 1. The largest absolute Gasteiger partial charge is 0.508 e. The Morgan fingerprint density at radius 2 is 1.83 bits per heavy atom. The van der Waals surface area contributed by atoms with Crippen LogP contribution in [0.5, 0.6) is 5.75 Å². The van der Waals surface area contributed by atoms with Crippen LogP contribution in [0.4, 0.5) is 5.69 Å². The van der Waals surface area contributed by atoms with E-state index < -0.39 is 0 Å². The number of aromatic hydroxyl groups is 1. The van der Waals surface area contributed by atoms with E-state index in [1.165, 1.54) is 5.56 Å². The molecule has 0 radical (unpaired) electrons. The maximum atomic E-state index is 9.81. The molecule has 1 saturated heterocycles. The lowest BCUT2D eigenvalue weighted by molar-refractivity contribution is -0.170. The first-order valence-corrected chi connectivity index (χ1v) is 13.2. The molecular formula is C29H34Cl2N2O3. The van der Waals surface area contributed by atoms with Crippen molar-refractivity contribution in [3.05, 3.63) is 94.0 Å². The number of hydrogen-bond donors (Lipinski definition) is 2. The summed E-state index contributed by atoms with van der Waals surface area (Å²) < 4.78 is 12.0. The van der Waals surface area contributed by atoms with E-state index in [1.54, 1.807) is 18.2 Å². The topological polar surface area (TPSA) is 54.0 Å². The molecule has 5 nitrogen and oxygen atoms in total. The average molecular weight is 530 g/mol. The molecule has 0 saturated carbocycles. The number of nitrogens with one attached hydrogen (secondary N) is 1. The van der Waals surface area contributed by atoms with Gasteiger partial charge in [0.1, 0.15) is 5.75 Å². The minimum atomic E-state index is -0.124. The molecule has 0 spiro atoms. The van der Waals surface area contributed by atoms with Gasteiger partial charge < -0.3 is 19.9 Å². The SMILES string of the molecule is CC(COC1CCCCO1)N(Cc1ccccc1)CC(Nc1ccc(O)cc1Cl)c1ccc(Cl)cc1. The normalized spacial score (nSPS) is 17.6. The van der Waals surface area contributed by atoms with Gasteiger partial charge in [0.25, 0.3) is 0 Å². The summed E-state index contributed by atoms with van der Waals surface area (Å²) in [5, 5.41) is 14.6. The van der Waals surface area contributed by atoms with E-state index in [-0.39, 0.29) is 24.1 Å². The van der Waals surface area contributed by atoms with Crippen LogP contribution in [0.2, 0.25) is 10.0 Å². The van der Waals surface area contributed by atoms with Crippen molar-refractivity contribution in [2.24, 2.45) is 0 Å². The van der Waals surface area contributed by atoms with Crippen LogP contribution in [0.3, 0.4) is 0 Å². The van der Waals surface area contributed by atoms with Gasteiger partial charge in [-0.2, -0.15) is 0 Å². The van der Waals surface area contributed by atoms with E-state index in [2.05, 4.69) is 41.4 Å². The summed E-state index contributed by atoms with van der Waals surface area (Å²) in [6.07, 6.45) is 3.06. The molecule has 192 valence electrons. The Bertz CT molecular complexity index is 1080. The van der Waals surface area contributed by atoms with Crippen LogP contribution in [0.1, 0.15) is 43.4 Å². The van der Waals surface area contributed by atoms with Crippen LogP contribution in [0.25, 0.3) is 0 Å². The Balaban J connectivity index is 1.56. The summed E-state index contributed by atoms with van der Waals surface area (Å²) in [5.41, 5.74) is 3.08. The zero-order valence-corrected chi connectivity index (χ0v) is 22.1. The first kappa shape index (κ1) is 26.8. The Kier molecular flexibility index (Phi) is 9.90. The van der Waals surface area contributed by atoms with Crippen molar-refractivity contribution in [2.75, 3.05) is 25.1 Å².